The molecule has 2 aromatic rings. The Hall–Kier alpha value is -3.43. The number of hydrogen-bond donors (Lipinski definition) is 3. The summed E-state index contributed by atoms with van der Waals surface area (Å²) in [6.07, 6.45) is -0.193. The van der Waals surface area contributed by atoms with E-state index in [0.717, 1.165) is 10.5 Å². The average Bonchev–Trinajstić information content (AvgIpc) is 3.34. The van der Waals surface area contributed by atoms with Gasteiger partial charge >= 0.3 is 0 Å². The van der Waals surface area contributed by atoms with Crippen molar-refractivity contribution in [3.63, 3.8) is 0 Å². The quantitative estimate of drug-likeness (QED) is 0.564. The van der Waals surface area contributed by atoms with E-state index in [9.17, 15) is 19.2 Å². The lowest BCUT2D eigenvalue weighted by Crippen LogP contribution is -2.53. The molecule has 4 atom stereocenters. The Morgan fingerprint density at radius 1 is 1.15 bits per heavy atom. The van der Waals surface area contributed by atoms with E-state index in [4.69, 9.17) is 22.1 Å². The van der Waals surface area contributed by atoms with Crippen LogP contribution in [-0.4, -0.2) is 41.7 Å². The predicted octanol–water partition coefficient (Wildman–Crippen LogP) is 1.14. The van der Waals surface area contributed by atoms with Crippen LogP contribution < -0.4 is 21.1 Å². The lowest BCUT2D eigenvalue weighted by Gasteiger charge is -2.29. The fraction of sp³-hybridized carbons (Fsp3) is 0.304. The van der Waals surface area contributed by atoms with Crippen molar-refractivity contribution in [2.24, 2.45) is 17.6 Å². The zero-order valence-electron chi connectivity index (χ0n) is 17.6. The molecule has 2 aromatic carbocycles. The molecule has 1 spiro atoms. The van der Waals surface area contributed by atoms with Crippen molar-refractivity contribution in [2.45, 2.75) is 24.5 Å². The van der Waals surface area contributed by atoms with Crippen molar-refractivity contribution >= 4 is 40.9 Å². The number of ether oxygens (including phenoxy) is 1. The average molecular weight is 469 g/mol. The van der Waals surface area contributed by atoms with E-state index in [1.54, 1.807) is 49.6 Å². The largest absolute Gasteiger partial charge is 0.497 e. The molecule has 3 aliphatic rings. The summed E-state index contributed by atoms with van der Waals surface area (Å²) in [6, 6.07) is 11.1. The van der Waals surface area contributed by atoms with Gasteiger partial charge in [-0.2, -0.15) is 0 Å². The Morgan fingerprint density at radius 3 is 2.55 bits per heavy atom. The highest BCUT2D eigenvalue weighted by molar-refractivity contribution is 6.31. The van der Waals surface area contributed by atoms with Gasteiger partial charge in [-0.05, 0) is 35.9 Å². The summed E-state index contributed by atoms with van der Waals surface area (Å²) in [5.74, 6) is -3.33. The number of imide groups is 1. The van der Waals surface area contributed by atoms with Crippen LogP contribution in [0.5, 0.6) is 5.75 Å². The number of anilines is 1. The van der Waals surface area contributed by atoms with E-state index >= 15 is 0 Å². The van der Waals surface area contributed by atoms with Gasteiger partial charge < -0.3 is 15.8 Å². The number of carbonyl (C=O) groups excluding carboxylic acids is 4. The molecule has 2 fully saturated rings. The van der Waals surface area contributed by atoms with Crippen molar-refractivity contribution < 1.29 is 23.9 Å². The van der Waals surface area contributed by atoms with Crippen molar-refractivity contribution in [2.75, 3.05) is 12.4 Å². The summed E-state index contributed by atoms with van der Waals surface area (Å²) in [4.78, 5) is 53.4. The number of hydrogen-bond acceptors (Lipinski definition) is 6. The zero-order valence-corrected chi connectivity index (χ0v) is 18.4. The van der Waals surface area contributed by atoms with Gasteiger partial charge in [0.2, 0.25) is 23.6 Å². The van der Waals surface area contributed by atoms with Crippen LogP contribution in [0.15, 0.2) is 42.5 Å². The topological polar surface area (TPSA) is 131 Å². The highest BCUT2D eigenvalue weighted by atomic mass is 35.5. The standard InChI is InChI=1S/C23H21ClN4O5/c1-33-13-5-2-11(3-6-13)10-28-20(30)18-16(9-17(25)29)27-23(19(18)21(28)31)14-8-12(24)4-7-15(14)26-22(23)32/h2-8,16,18-19,27H,9-10H2,1H3,(H2,25,29)(H,26,32)/t16-,18-,19+,23-/m1/s1. The van der Waals surface area contributed by atoms with Crippen LogP contribution in [-0.2, 0) is 31.3 Å². The number of nitrogens with zero attached hydrogens (tertiary/aromatic N) is 1. The Kier molecular flexibility index (Phi) is 4.91. The van der Waals surface area contributed by atoms with Crippen LogP contribution in [0.1, 0.15) is 17.5 Å². The third-order valence-electron chi connectivity index (χ3n) is 6.69. The molecule has 0 aliphatic carbocycles. The van der Waals surface area contributed by atoms with Gasteiger partial charge in [0.25, 0.3) is 0 Å². The molecule has 10 heteroatoms. The van der Waals surface area contributed by atoms with Gasteiger partial charge in [-0.1, -0.05) is 23.7 Å². The third kappa shape index (κ3) is 3.11. The first-order valence-corrected chi connectivity index (χ1v) is 10.8. The van der Waals surface area contributed by atoms with Crippen LogP contribution >= 0.6 is 11.6 Å². The first-order chi connectivity index (χ1) is 15.8. The zero-order chi connectivity index (χ0) is 23.5. The van der Waals surface area contributed by atoms with Crippen LogP contribution in [0.3, 0.4) is 0 Å². The van der Waals surface area contributed by atoms with E-state index in [1.165, 1.54) is 0 Å². The monoisotopic (exact) mass is 468 g/mol. The van der Waals surface area contributed by atoms with Crippen LogP contribution in [0, 0.1) is 11.8 Å². The fourth-order valence-electron chi connectivity index (χ4n) is 5.29. The Labute approximate surface area is 194 Å². The summed E-state index contributed by atoms with van der Waals surface area (Å²) in [5.41, 5.74) is 5.63. The molecule has 170 valence electrons. The van der Waals surface area contributed by atoms with Gasteiger partial charge in [0.15, 0.2) is 0 Å². The minimum absolute atomic E-state index is 0.0397. The van der Waals surface area contributed by atoms with Crippen molar-refractivity contribution in [1.82, 2.24) is 10.2 Å². The number of fused-ring (bicyclic) bond motifs is 4. The number of amides is 4. The number of carbonyl (C=O) groups is 4. The molecule has 2 saturated heterocycles. The minimum atomic E-state index is -1.52. The maximum Gasteiger partial charge on any atom is 0.250 e. The number of nitrogens with one attached hydrogen (secondary N) is 2. The van der Waals surface area contributed by atoms with Crippen molar-refractivity contribution in [3.05, 3.63) is 58.6 Å². The number of benzene rings is 2. The Morgan fingerprint density at radius 2 is 1.88 bits per heavy atom. The highest BCUT2D eigenvalue weighted by Crippen LogP contribution is 2.53. The van der Waals surface area contributed by atoms with E-state index in [1.807, 2.05) is 0 Å². The molecule has 0 bridgehead atoms. The van der Waals surface area contributed by atoms with Gasteiger partial charge in [-0.3, -0.25) is 29.4 Å². The van der Waals surface area contributed by atoms with E-state index < -0.39 is 47.0 Å². The molecule has 4 amide bonds. The molecule has 4 N–H and O–H groups in total. The Balaban J connectivity index is 1.57. The van der Waals surface area contributed by atoms with Crippen LogP contribution in [0.4, 0.5) is 5.69 Å². The highest BCUT2D eigenvalue weighted by Gasteiger charge is 2.70. The van der Waals surface area contributed by atoms with Gasteiger partial charge in [0, 0.05) is 28.7 Å². The second kappa shape index (κ2) is 7.57. The molecule has 33 heavy (non-hydrogen) atoms. The second-order valence-electron chi connectivity index (χ2n) is 8.49. The lowest BCUT2D eigenvalue weighted by atomic mass is 9.76. The summed E-state index contributed by atoms with van der Waals surface area (Å²) in [7, 11) is 1.55. The molecular weight excluding hydrogens is 448 g/mol. The minimum Gasteiger partial charge on any atom is -0.497 e. The normalized spacial score (nSPS) is 27.6. The molecule has 3 heterocycles. The summed E-state index contributed by atoms with van der Waals surface area (Å²) < 4.78 is 5.16. The molecule has 0 unspecified atom stereocenters. The SMILES string of the molecule is COc1ccc(CN2C(=O)[C@H]3[C@@H](C2=O)[C@@]2(N[C@@H]3CC(N)=O)C(=O)Nc3ccc(Cl)cc32)cc1. The van der Waals surface area contributed by atoms with E-state index in [0.29, 0.717) is 22.0 Å². The summed E-state index contributed by atoms with van der Waals surface area (Å²) >= 11 is 6.21. The van der Waals surface area contributed by atoms with Crippen molar-refractivity contribution in [3.8, 4) is 5.75 Å². The number of likely N-dealkylation sites (tertiary alicyclic amines) is 1. The second-order valence-corrected chi connectivity index (χ2v) is 8.92. The fourth-order valence-corrected chi connectivity index (χ4v) is 5.47. The summed E-state index contributed by atoms with van der Waals surface area (Å²) in [6.45, 7) is 0.0397. The maximum absolute atomic E-state index is 13.7. The van der Waals surface area contributed by atoms with Crippen molar-refractivity contribution in [1.29, 1.82) is 0 Å². The number of halogens is 1. The first kappa shape index (κ1) is 21.4. The number of rotatable bonds is 5. The molecule has 0 radical (unpaired) electrons. The molecule has 5 rings (SSSR count). The molecular formula is C23H21ClN4O5. The van der Waals surface area contributed by atoms with Crippen LogP contribution in [0.25, 0.3) is 0 Å². The van der Waals surface area contributed by atoms with Gasteiger partial charge in [-0.25, -0.2) is 0 Å². The molecule has 3 aliphatic heterocycles. The number of primary amides is 1. The van der Waals surface area contributed by atoms with E-state index in [-0.39, 0.29) is 13.0 Å². The molecule has 0 aromatic heterocycles. The van der Waals surface area contributed by atoms with Gasteiger partial charge in [0.1, 0.15) is 11.3 Å². The number of methoxy groups -OCH3 is 1. The lowest BCUT2D eigenvalue weighted by molar-refractivity contribution is -0.143. The molecule has 0 saturated carbocycles. The summed E-state index contributed by atoms with van der Waals surface area (Å²) in [5, 5.41) is 6.30. The maximum atomic E-state index is 13.7. The van der Waals surface area contributed by atoms with E-state index in [2.05, 4.69) is 10.6 Å². The van der Waals surface area contributed by atoms with Gasteiger partial charge in [-0.15, -0.1) is 0 Å². The Bertz CT molecular complexity index is 1200. The third-order valence-corrected chi connectivity index (χ3v) is 6.92. The number of nitrogens with two attached hydrogens (primary N) is 1. The first-order valence-electron chi connectivity index (χ1n) is 10.4. The van der Waals surface area contributed by atoms with Gasteiger partial charge in [0.05, 0.1) is 25.5 Å². The predicted molar refractivity (Wildman–Crippen MR) is 118 cm³/mol. The van der Waals surface area contributed by atoms with Crippen LogP contribution in [0.2, 0.25) is 5.02 Å². The smallest absolute Gasteiger partial charge is 0.250 e. The molecule has 9 nitrogen and oxygen atoms in total.